The van der Waals surface area contributed by atoms with E-state index in [1.54, 1.807) is 12.1 Å². The average molecular weight is 421 g/mol. The van der Waals surface area contributed by atoms with E-state index in [0.29, 0.717) is 15.0 Å². The third-order valence-electron chi connectivity index (χ3n) is 3.32. The molecule has 5 heteroatoms. The molecule has 0 unspecified atom stereocenters. The zero-order chi connectivity index (χ0) is 15.5. The van der Waals surface area contributed by atoms with Crippen molar-refractivity contribution in [3.05, 3.63) is 70.8 Å². The molecule has 0 aromatic heterocycles. The number of hydrogen-bond acceptors (Lipinski definition) is 2. The molecule has 3 rings (SSSR count). The molecule has 0 aliphatic heterocycles. The number of rotatable bonds is 4. The van der Waals surface area contributed by atoms with Crippen LogP contribution in [0.5, 0.6) is 0 Å². The van der Waals surface area contributed by atoms with Crippen LogP contribution >= 0.6 is 0 Å². The van der Waals surface area contributed by atoms with Crippen LogP contribution in [0, 0.1) is 10.1 Å². The van der Waals surface area contributed by atoms with Crippen LogP contribution < -0.4 is 13.4 Å². The quantitative estimate of drug-likeness (QED) is 0.366. The van der Waals surface area contributed by atoms with Gasteiger partial charge in [-0.3, -0.25) is 0 Å². The second kappa shape index (κ2) is 6.64. The molecule has 0 amide bonds. The first-order chi connectivity index (χ1) is 10.7. The molecular weight excluding hydrogens is 408 g/mol. The van der Waals surface area contributed by atoms with Gasteiger partial charge in [0.2, 0.25) is 0 Å². The number of hydrogen-bond donors (Lipinski definition) is 0. The standard InChI is InChI=1S/C17H13NO2Se2/c1-21-15-6-2-4-12-5-3-7-16(17(12)15)22-14-10-8-13(9-11-14)18(19)20/h2-11H,1H3. The van der Waals surface area contributed by atoms with E-state index in [-0.39, 0.29) is 25.6 Å². The van der Waals surface area contributed by atoms with Crippen LogP contribution in [0.15, 0.2) is 60.7 Å². The van der Waals surface area contributed by atoms with Crippen molar-refractivity contribution in [2.75, 3.05) is 0 Å². The van der Waals surface area contributed by atoms with Gasteiger partial charge >= 0.3 is 141 Å². The SMILES string of the molecule is C[Se]c1cccc2cccc([Se]c3ccc([N+](=O)[O-])cc3)c12. The zero-order valence-electron chi connectivity index (χ0n) is 11.9. The minimum atomic E-state index is -0.355. The summed E-state index contributed by atoms with van der Waals surface area (Å²) in [5.41, 5.74) is 0.148. The molecule has 0 bridgehead atoms. The fraction of sp³-hybridized carbons (Fsp3) is 0.0588. The summed E-state index contributed by atoms with van der Waals surface area (Å²) in [6.45, 7) is 0. The van der Waals surface area contributed by atoms with Gasteiger partial charge in [-0.25, -0.2) is 0 Å². The second-order valence-corrected chi connectivity index (χ2v) is 8.79. The van der Waals surface area contributed by atoms with E-state index in [1.165, 1.54) is 19.7 Å². The zero-order valence-corrected chi connectivity index (χ0v) is 15.3. The van der Waals surface area contributed by atoms with Gasteiger partial charge in [-0.1, -0.05) is 0 Å². The summed E-state index contributed by atoms with van der Waals surface area (Å²) < 4.78 is 3.92. The van der Waals surface area contributed by atoms with Crippen molar-refractivity contribution in [3.8, 4) is 0 Å². The summed E-state index contributed by atoms with van der Waals surface area (Å²) in [4.78, 5) is 10.4. The molecule has 22 heavy (non-hydrogen) atoms. The fourth-order valence-corrected chi connectivity index (χ4v) is 6.08. The van der Waals surface area contributed by atoms with Crippen LogP contribution in [0.25, 0.3) is 10.8 Å². The van der Waals surface area contributed by atoms with Crippen LogP contribution in [-0.2, 0) is 0 Å². The minimum absolute atomic E-state index is 0.148. The Morgan fingerprint density at radius 1 is 0.909 bits per heavy atom. The Hall–Kier alpha value is -1.64. The van der Waals surface area contributed by atoms with Gasteiger partial charge in [-0.15, -0.1) is 0 Å². The molecule has 0 aliphatic carbocycles. The molecule has 3 aromatic rings. The van der Waals surface area contributed by atoms with Gasteiger partial charge in [-0.2, -0.15) is 0 Å². The number of fused-ring (bicyclic) bond motifs is 1. The number of nitrogens with zero attached hydrogens (tertiary/aromatic N) is 1. The normalized spacial score (nSPS) is 10.8. The van der Waals surface area contributed by atoms with Crippen LogP contribution in [0.4, 0.5) is 5.69 Å². The van der Waals surface area contributed by atoms with Gasteiger partial charge in [-0.05, 0) is 0 Å². The average Bonchev–Trinajstić information content (AvgIpc) is 2.55. The number of benzene rings is 3. The Bertz CT molecular complexity index is 826. The van der Waals surface area contributed by atoms with Crippen LogP contribution in [0.2, 0.25) is 5.82 Å². The Morgan fingerprint density at radius 3 is 2.14 bits per heavy atom. The summed E-state index contributed by atoms with van der Waals surface area (Å²) in [6.07, 6.45) is 0. The molecule has 3 aromatic carbocycles. The maximum atomic E-state index is 10.7. The van der Waals surface area contributed by atoms with Crippen LogP contribution in [0.1, 0.15) is 0 Å². The van der Waals surface area contributed by atoms with E-state index in [9.17, 15) is 10.1 Å². The monoisotopic (exact) mass is 423 g/mol. The molecule has 0 spiro atoms. The first-order valence-electron chi connectivity index (χ1n) is 6.67. The van der Waals surface area contributed by atoms with Crippen molar-refractivity contribution in [1.29, 1.82) is 0 Å². The molecule has 0 atom stereocenters. The number of nitro groups is 1. The fourth-order valence-electron chi connectivity index (χ4n) is 2.29. The molecule has 0 aliphatic rings. The molecule has 110 valence electrons. The molecular formula is C17H13NO2Se2. The summed E-state index contributed by atoms with van der Waals surface area (Å²) >= 11 is 0.594. The first kappa shape index (κ1) is 15.3. The molecule has 0 saturated carbocycles. The molecule has 0 fully saturated rings. The van der Waals surface area contributed by atoms with E-state index >= 15 is 0 Å². The van der Waals surface area contributed by atoms with E-state index in [4.69, 9.17) is 0 Å². The molecule has 0 radical (unpaired) electrons. The van der Waals surface area contributed by atoms with Gasteiger partial charge in [0.25, 0.3) is 0 Å². The van der Waals surface area contributed by atoms with E-state index in [2.05, 4.69) is 42.2 Å². The van der Waals surface area contributed by atoms with Gasteiger partial charge in [0.1, 0.15) is 0 Å². The van der Waals surface area contributed by atoms with Crippen molar-refractivity contribution >= 4 is 59.8 Å². The summed E-state index contributed by atoms with van der Waals surface area (Å²) in [5, 5.41) is 13.4. The predicted molar refractivity (Wildman–Crippen MR) is 93.3 cm³/mol. The van der Waals surface area contributed by atoms with Crippen molar-refractivity contribution in [2.24, 2.45) is 0 Å². The maximum absolute atomic E-state index is 10.7. The predicted octanol–water partition coefficient (Wildman–Crippen LogP) is 1.78. The molecule has 0 saturated heterocycles. The van der Waals surface area contributed by atoms with Crippen molar-refractivity contribution < 1.29 is 4.92 Å². The first-order valence-corrected chi connectivity index (χ1v) is 11.0. The van der Waals surface area contributed by atoms with Crippen LogP contribution in [-0.4, -0.2) is 34.8 Å². The molecule has 3 nitrogen and oxygen atoms in total. The Kier molecular flexibility index (Phi) is 4.60. The second-order valence-electron chi connectivity index (χ2n) is 4.67. The Balaban J connectivity index is 2.01. The Labute approximate surface area is 141 Å². The van der Waals surface area contributed by atoms with Gasteiger partial charge < -0.3 is 0 Å². The third kappa shape index (κ3) is 3.08. The Morgan fingerprint density at radius 2 is 1.55 bits per heavy atom. The topological polar surface area (TPSA) is 43.1 Å². The number of nitro benzene ring substituents is 1. The van der Waals surface area contributed by atoms with E-state index < -0.39 is 0 Å². The van der Waals surface area contributed by atoms with E-state index in [0.717, 1.165) is 4.46 Å². The van der Waals surface area contributed by atoms with E-state index in [1.807, 2.05) is 12.1 Å². The summed E-state index contributed by atoms with van der Waals surface area (Å²) in [7, 11) is 0. The third-order valence-corrected chi connectivity index (χ3v) is 7.20. The van der Waals surface area contributed by atoms with Gasteiger partial charge in [0, 0.05) is 0 Å². The molecule has 0 heterocycles. The summed E-state index contributed by atoms with van der Waals surface area (Å²) in [6, 6.07) is 19.8. The number of non-ortho nitro benzene ring substituents is 1. The van der Waals surface area contributed by atoms with Crippen molar-refractivity contribution in [2.45, 2.75) is 5.82 Å². The van der Waals surface area contributed by atoms with Gasteiger partial charge in [0.05, 0.1) is 0 Å². The van der Waals surface area contributed by atoms with Crippen molar-refractivity contribution in [3.63, 3.8) is 0 Å². The van der Waals surface area contributed by atoms with Crippen molar-refractivity contribution in [1.82, 2.24) is 0 Å². The molecule has 0 N–H and O–H groups in total. The summed E-state index contributed by atoms with van der Waals surface area (Å²) in [5.74, 6) is 2.23. The van der Waals surface area contributed by atoms with Gasteiger partial charge in [0.15, 0.2) is 0 Å². The van der Waals surface area contributed by atoms with Crippen LogP contribution in [0.3, 0.4) is 0 Å².